The lowest BCUT2D eigenvalue weighted by molar-refractivity contribution is 0.0801. The van der Waals surface area contributed by atoms with E-state index in [2.05, 4.69) is 68.2 Å². The molecule has 0 fully saturated rings. The van der Waals surface area contributed by atoms with E-state index < -0.39 is 11.5 Å². The number of nitrogens with zero attached hydrogens (tertiary/aromatic N) is 3. The summed E-state index contributed by atoms with van der Waals surface area (Å²) >= 11 is 0. The number of rotatable bonds is 10. The Morgan fingerprint density at radius 1 is 1.41 bits per heavy atom. The fraction of sp³-hybridized carbons (Fsp3) is 0.545. The molecule has 0 radical (unpaired) electrons. The number of hydrogen-bond acceptors (Lipinski definition) is 4. The first kappa shape index (κ1) is 22.7. The van der Waals surface area contributed by atoms with Gasteiger partial charge >= 0.3 is 0 Å². The minimum atomic E-state index is -0.713. The molecule has 1 rings (SSSR count). The molecular formula is C22H33N3O2. The molecule has 0 aliphatic rings. The molecule has 0 aliphatic carbocycles. The second kappa shape index (κ2) is 10.1. The number of oxime groups is 1. The van der Waals surface area contributed by atoms with Crippen molar-refractivity contribution in [1.82, 2.24) is 9.55 Å². The first-order valence-electron chi connectivity index (χ1n) is 9.41. The summed E-state index contributed by atoms with van der Waals surface area (Å²) in [4.78, 5) is 9.56. The van der Waals surface area contributed by atoms with Crippen molar-refractivity contribution in [1.29, 1.82) is 0 Å². The Balaban J connectivity index is 3.41. The van der Waals surface area contributed by atoms with Gasteiger partial charge in [0.15, 0.2) is 0 Å². The summed E-state index contributed by atoms with van der Waals surface area (Å²) in [5.41, 5.74) is -0.837. The number of aliphatic hydroxyl groups excluding tert-OH is 1. The van der Waals surface area contributed by atoms with Crippen molar-refractivity contribution in [3.8, 4) is 11.8 Å². The Bertz CT molecular complexity index is 711. The molecular weight excluding hydrogens is 338 g/mol. The molecule has 148 valence electrons. The lowest BCUT2D eigenvalue weighted by Gasteiger charge is -2.32. The Hall–Kier alpha value is -2.32. The number of imidazole rings is 1. The van der Waals surface area contributed by atoms with Gasteiger partial charge in [-0.1, -0.05) is 43.9 Å². The van der Waals surface area contributed by atoms with Crippen LogP contribution in [-0.4, -0.2) is 28.0 Å². The molecule has 0 spiro atoms. The summed E-state index contributed by atoms with van der Waals surface area (Å²) in [7, 11) is 0. The van der Waals surface area contributed by atoms with Crippen LogP contribution < -0.4 is 0 Å². The van der Waals surface area contributed by atoms with Crippen molar-refractivity contribution in [3.63, 3.8) is 0 Å². The van der Waals surface area contributed by atoms with E-state index >= 15 is 0 Å². The maximum absolute atomic E-state index is 10.1. The third-order valence-electron chi connectivity index (χ3n) is 4.92. The van der Waals surface area contributed by atoms with Gasteiger partial charge < -0.3 is 14.5 Å². The first-order valence-corrected chi connectivity index (χ1v) is 9.41. The molecule has 1 aromatic heterocycles. The van der Waals surface area contributed by atoms with Gasteiger partial charge in [-0.3, -0.25) is 0 Å². The smallest absolute Gasteiger partial charge is 0.139 e. The Labute approximate surface area is 163 Å². The van der Waals surface area contributed by atoms with Gasteiger partial charge in [-0.15, -0.1) is 11.7 Å². The third kappa shape index (κ3) is 5.83. The summed E-state index contributed by atoms with van der Waals surface area (Å²) in [5.74, 6) is 7.40. The molecule has 1 aromatic rings. The maximum Gasteiger partial charge on any atom is 0.139 e. The molecule has 4 atom stereocenters. The predicted octanol–water partition coefficient (Wildman–Crippen LogP) is 4.69. The SMILES string of the molecule is C=C[C@@](C)(C#CC(C)(/C=C\CC)CC)C(CON=C)n1ccnc1[C@H](C)O. The zero-order valence-corrected chi connectivity index (χ0v) is 17.3. The predicted molar refractivity (Wildman–Crippen MR) is 111 cm³/mol. The van der Waals surface area contributed by atoms with Gasteiger partial charge in [-0.2, -0.15) is 0 Å². The van der Waals surface area contributed by atoms with E-state index in [1.54, 1.807) is 13.1 Å². The molecule has 1 N–H and O–H groups in total. The number of hydrogen-bond donors (Lipinski definition) is 1. The van der Waals surface area contributed by atoms with E-state index in [-0.39, 0.29) is 18.1 Å². The van der Waals surface area contributed by atoms with E-state index in [9.17, 15) is 5.11 Å². The minimum absolute atomic E-state index is 0.218. The van der Waals surface area contributed by atoms with Crippen LogP contribution in [0.25, 0.3) is 0 Å². The molecule has 0 aliphatic heterocycles. The highest BCUT2D eigenvalue weighted by Gasteiger charge is 2.34. The van der Waals surface area contributed by atoms with Crippen LogP contribution in [0.3, 0.4) is 0 Å². The molecule has 1 heterocycles. The first-order chi connectivity index (χ1) is 12.8. The van der Waals surface area contributed by atoms with Gasteiger partial charge in [-0.05, 0) is 33.6 Å². The zero-order valence-electron chi connectivity index (χ0n) is 17.3. The quantitative estimate of drug-likeness (QED) is 0.281. The normalized spacial score (nSPS) is 17.9. The molecule has 0 amide bonds. The summed E-state index contributed by atoms with van der Waals surface area (Å²) in [5, 5.41) is 13.6. The largest absolute Gasteiger partial charge is 0.394 e. The molecule has 27 heavy (non-hydrogen) atoms. The number of aromatic nitrogens is 2. The summed E-state index contributed by atoms with van der Waals surface area (Å²) in [6.07, 6.45) is 10.8. The monoisotopic (exact) mass is 371 g/mol. The fourth-order valence-electron chi connectivity index (χ4n) is 2.75. The average molecular weight is 372 g/mol. The second-order valence-electron chi connectivity index (χ2n) is 7.13. The van der Waals surface area contributed by atoms with Gasteiger partial charge in [-0.25, -0.2) is 4.98 Å². The highest BCUT2D eigenvalue weighted by Crippen LogP contribution is 2.35. The van der Waals surface area contributed by atoms with Crippen LogP contribution in [-0.2, 0) is 4.84 Å². The highest BCUT2D eigenvalue weighted by molar-refractivity contribution is 5.28. The molecule has 2 unspecified atom stereocenters. The lowest BCUT2D eigenvalue weighted by Crippen LogP contribution is -2.32. The summed E-state index contributed by atoms with van der Waals surface area (Å²) < 4.78 is 1.89. The summed E-state index contributed by atoms with van der Waals surface area (Å²) in [6.45, 7) is 17.7. The Morgan fingerprint density at radius 2 is 2.11 bits per heavy atom. The fourth-order valence-corrected chi connectivity index (χ4v) is 2.75. The van der Waals surface area contributed by atoms with Gasteiger partial charge in [0.05, 0.1) is 11.5 Å². The third-order valence-corrected chi connectivity index (χ3v) is 4.92. The molecule has 0 saturated heterocycles. The topological polar surface area (TPSA) is 59.6 Å². The molecule has 5 heteroatoms. The molecule has 5 nitrogen and oxygen atoms in total. The zero-order chi connectivity index (χ0) is 20.5. The standard InChI is InChI=1S/C22H33N3O2/c1-8-11-12-21(5,9-2)13-14-22(6,10-3)19(17-27-23-7)25-16-15-24-20(25)18(4)26/h10-12,15-16,18-19,26H,3,7-9,17H2,1-2,4-6H3/b12-11-/t18-,19?,21?,22-/m0/s1. The van der Waals surface area contributed by atoms with Crippen molar-refractivity contribution in [3.05, 3.63) is 43.0 Å². The molecule has 0 saturated carbocycles. The Kier molecular flexibility index (Phi) is 8.52. The van der Waals surface area contributed by atoms with Crippen molar-refractivity contribution in [2.75, 3.05) is 6.61 Å². The van der Waals surface area contributed by atoms with Crippen molar-refractivity contribution >= 4 is 6.72 Å². The average Bonchev–Trinajstić information content (AvgIpc) is 3.14. The van der Waals surface area contributed by atoms with Crippen LogP contribution in [0, 0.1) is 22.7 Å². The van der Waals surface area contributed by atoms with Gasteiger partial charge in [0.2, 0.25) is 0 Å². The van der Waals surface area contributed by atoms with Crippen molar-refractivity contribution in [2.45, 2.75) is 59.6 Å². The van der Waals surface area contributed by atoms with Crippen LogP contribution in [0.1, 0.15) is 65.4 Å². The van der Waals surface area contributed by atoms with Crippen LogP contribution >= 0.6 is 0 Å². The maximum atomic E-state index is 10.1. The molecule has 0 bridgehead atoms. The number of aliphatic hydroxyl groups is 1. The minimum Gasteiger partial charge on any atom is -0.394 e. The second-order valence-corrected chi connectivity index (χ2v) is 7.13. The van der Waals surface area contributed by atoms with Crippen LogP contribution in [0.2, 0.25) is 0 Å². The van der Waals surface area contributed by atoms with E-state index in [1.165, 1.54) is 0 Å². The van der Waals surface area contributed by atoms with Crippen LogP contribution in [0.4, 0.5) is 0 Å². The number of allylic oxidation sites excluding steroid dienone is 3. The summed E-state index contributed by atoms with van der Waals surface area (Å²) in [6, 6.07) is -0.267. The lowest BCUT2D eigenvalue weighted by atomic mass is 9.80. The van der Waals surface area contributed by atoms with E-state index in [4.69, 9.17) is 4.84 Å². The molecule has 0 aromatic carbocycles. The van der Waals surface area contributed by atoms with Crippen molar-refractivity contribution < 1.29 is 9.94 Å². The van der Waals surface area contributed by atoms with Crippen molar-refractivity contribution in [2.24, 2.45) is 16.0 Å². The van der Waals surface area contributed by atoms with Gasteiger partial charge in [0, 0.05) is 24.5 Å². The Morgan fingerprint density at radius 3 is 2.63 bits per heavy atom. The highest BCUT2D eigenvalue weighted by atomic mass is 16.6. The van der Waals surface area contributed by atoms with Crippen LogP contribution in [0.5, 0.6) is 0 Å². The van der Waals surface area contributed by atoms with E-state index in [0.29, 0.717) is 5.82 Å². The van der Waals surface area contributed by atoms with E-state index in [0.717, 1.165) is 12.8 Å². The van der Waals surface area contributed by atoms with Gasteiger partial charge in [0.25, 0.3) is 0 Å². The van der Waals surface area contributed by atoms with Gasteiger partial charge in [0.1, 0.15) is 18.5 Å². The van der Waals surface area contributed by atoms with Crippen LogP contribution in [0.15, 0.2) is 42.4 Å². The van der Waals surface area contributed by atoms with E-state index in [1.807, 2.05) is 23.8 Å².